The average Bonchev–Trinajstić information content (AvgIpc) is 3.03. The number of ether oxygens (including phenoxy) is 2. The Kier molecular flexibility index (Phi) is 5.41. The number of halogens is 1. The minimum Gasteiger partial charge on any atom is -0.382 e. The first-order valence-electron chi connectivity index (χ1n) is 8.12. The maximum absolute atomic E-state index is 12.7. The molecule has 1 unspecified atom stereocenters. The van der Waals surface area contributed by atoms with Crippen molar-refractivity contribution < 1.29 is 14.3 Å². The molecule has 0 bridgehead atoms. The molecule has 126 valence electrons. The summed E-state index contributed by atoms with van der Waals surface area (Å²) in [5.41, 5.74) is 0.987. The summed E-state index contributed by atoms with van der Waals surface area (Å²) < 4.78 is 11.0. The maximum Gasteiger partial charge on any atom is 0.318 e. The number of carbonyl (C=O) groups excluding carboxylic acids is 1. The van der Waals surface area contributed by atoms with Crippen LogP contribution in [-0.2, 0) is 9.47 Å². The molecule has 6 heteroatoms. The zero-order valence-corrected chi connectivity index (χ0v) is 14.1. The molecule has 3 rings (SSSR count). The topological polar surface area (TPSA) is 50.8 Å². The van der Waals surface area contributed by atoms with Crippen LogP contribution in [0.5, 0.6) is 0 Å². The molecule has 3 atom stereocenters. The first-order chi connectivity index (χ1) is 11.2. The van der Waals surface area contributed by atoms with Crippen LogP contribution in [0.2, 0.25) is 5.02 Å². The fourth-order valence-electron chi connectivity index (χ4n) is 3.49. The molecule has 23 heavy (non-hydrogen) atoms. The number of hydrogen-bond acceptors (Lipinski definition) is 3. The quantitative estimate of drug-likeness (QED) is 0.918. The number of urea groups is 1. The van der Waals surface area contributed by atoms with Crippen molar-refractivity contribution >= 4 is 17.6 Å². The Morgan fingerprint density at radius 1 is 1.43 bits per heavy atom. The van der Waals surface area contributed by atoms with Gasteiger partial charge in [0.25, 0.3) is 0 Å². The van der Waals surface area contributed by atoms with Gasteiger partial charge in [-0.3, -0.25) is 0 Å². The molecule has 1 heterocycles. The van der Waals surface area contributed by atoms with Crippen LogP contribution >= 0.6 is 11.6 Å². The van der Waals surface area contributed by atoms with Crippen molar-refractivity contribution in [3.05, 3.63) is 34.9 Å². The van der Waals surface area contributed by atoms with Gasteiger partial charge < -0.3 is 19.7 Å². The molecule has 1 aliphatic carbocycles. The van der Waals surface area contributed by atoms with E-state index in [0.29, 0.717) is 24.8 Å². The summed E-state index contributed by atoms with van der Waals surface area (Å²) in [5.74, 6) is 0. The first-order valence-corrected chi connectivity index (χ1v) is 8.50. The van der Waals surface area contributed by atoms with Crippen molar-refractivity contribution in [2.75, 3.05) is 26.9 Å². The zero-order valence-electron chi connectivity index (χ0n) is 13.3. The molecule has 1 saturated carbocycles. The van der Waals surface area contributed by atoms with Gasteiger partial charge in [-0.25, -0.2) is 4.79 Å². The van der Waals surface area contributed by atoms with E-state index < -0.39 is 0 Å². The number of rotatable bonds is 4. The number of nitrogens with one attached hydrogen (secondary N) is 1. The molecule has 0 radical (unpaired) electrons. The summed E-state index contributed by atoms with van der Waals surface area (Å²) in [7, 11) is 1.64. The van der Waals surface area contributed by atoms with Crippen LogP contribution in [0.1, 0.15) is 30.9 Å². The summed E-state index contributed by atoms with van der Waals surface area (Å²) in [4.78, 5) is 14.7. The second-order valence-electron chi connectivity index (χ2n) is 6.11. The minimum atomic E-state index is -0.188. The summed E-state index contributed by atoms with van der Waals surface area (Å²) in [6.45, 7) is 1.68. The first kappa shape index (κ1) is 16.6. The molecule has 5 nitrogen and oxygen atoms in total. The predicted octanol–water partition coefficient (Wildman–Crippen LogP) is 2.99. The molecular weight excluding hydrogens is 316 g/mol. The van der Waals surface area contributed by atoms with Gasteiger partial charge in [-0.1, -0.05) is 23.7 Å². The number of carbonyl (C=O) groups is 1. The molecule has 1 aromatic rings. The van der Waals surface area contributed by atoms with Gasteiger partial charge in [0.15, 0.2) is 0 Å². The van der Waals surface area contributed by atoms with Crippen LogP contribution in [-0.4, -0.2) is 49.9 Å². The fraction of sp³-hybridized carbons (Fsp3) is 0.588. The molecular formula is C17H23ClN2O3. The number of hydrogen-bond donors (Lipinski definition) is 1. The standard InChI is InChI=1S/C17H23ClN2O3/c1-22-11-14(12-5-7-13(18)8-6-12)19-17(21)20-9-10-23-16-4-2-3-15(16)20/h5-8,14-16H,2-4,9-11H2,1H3,(H,19,21)/t14?,15-,16+/m0/s1. The second kappa shape index (κ2) is 7.51. The van der Waals surface area contributed by atoms with Crippen molar-refractivity contribution in [3.63, 3.8) is 0 Å². The van der Waals surface area contributed by atoms with Crippen molar-refractivity contribution in [1.29, 1.82) is 0 Å². The highest BCUT2D eigenvalue weighted by molar-refractivity contribution is 6.30. The SMILES string of the molecule is COCC(NC(=O)N1CCO[C@@H]2CCC[C@@H]21)c1ccc(Cl)cc1. The van der Waals surface area contributed by atoms with Crippen molar-refractivity contribution in [2.45, 2.75) is 37.5 Å². The number of benzene rings is 1. The number of amides is 2. The third-order valence-electron chi connectivity index (χ3n) is 4.65. The molecule has 2 amide bonds. The summed E-state index contributed by atoms with van der Waals surface area (Å²) in [5, 5.41) is 3.78. The van der Waals surface area contributed by atoms with E-state index in [4.69, 9.17) is 21.1 Å². The number of morpholine rings is 1. The minimum absolute atomic E-state index is 0.0396. The van der Waals surface area contributed by atoms with Crippen LogP contribution in [0.4, 0.5) is 4.79 Å². The van der Waals surface area contributed by atoms with Gasteiger partial charge in [-0.2, -0.15) is 0 Å². The summed E-state index contributed by atoms with van der Waals surface area (Å²) in [6, 6.07) is 7.47. The van der Waals surface area contributed by atoms with E-state index in [2.05, 4.69) is 5.32 Å². The Morgan fingerprint density at radius 2 is 2.22 bits per heavy atom. The van der Waals surface area contributed by atoms with Crippen molar-refractivity contribution in [3.8, 4) is 0 Å². The Hall–Kier alpha value is -1.30. The second-order valence-corrected chi connectivity index (χ2v) is 6.55. The lowest BCUT2D eigenvalue weighted by atomic mass is 10.1. The molecule has 1 N–H and O–H groups in total. The zero-order chi connectivity index (χ0) is 16.2. The average molecular weight is 339 g/mol. The highest BCUT2D eigenvalue weighted by atomic mass is 35.5. The number of nitrogens with zero attached hydrogens (tertiary/aromatic N) is 1. The lowest BCUT2D eigenvalue weighted by Gasteiger charge is -2.38. The largest absolute Gasteiger partial charge is 0.382 e. The Labute approximate surface area is 141 Å². The van der Waals surface area contributed by atoms with Gasteiger partial charge >= 0.3 is 6.03 Å². The Morgan fingerprint density at radius 3 is 2.96 bits per heavy atom. The molecule has 1 aliphatic heterocycles. The highest BCUT2D eigenvalue weighted by Crippen LogP contribution is 2.30. The van der Waals surface area contributed by atoms with Crippen molar-refractivity contribution in [2.24, 2.45) is 0 Å². The van der Waals surface area contributed by atoms with E-state index in [0.717, 1.165) is 24.8 Å². The van der Waals surface area contributed by atoms with Crippen LogP contribution in [0.15, 0.2) is 24.3 Å². The lowest BCUT2D eigenvalue weighted by molar-refractivity contribution is -0.0389. The number of fused-ring (bicyclic) bond motifs is 1. The van der Waals surface area contributed by atoms with E-state index in [-0.39, 0.29) is 24.2 Å². The molecule has 0 aromatic heterocycles. The summed E-state index contributed by atoms with van der Waals surface area (Å²) >= 11 is 5.94. The molecule has 2 fully saturated rings. The van der Waals surface area contributed by atoms with Crippen molar-refractivity contribution in [1.82, 2.24) is 10.2 Å². The lowest BCUT2D eigenvalue weighted by Crippen LogP contribution is -2.55. The van der Waals surface area contributed by atoms with Gasteiger partial charge in [0.1, 0.15) is 0 Å². The van der Waals surface area contributed by atoms with E-state index in [9.17, 15) is 4.79 Å². The predicted molar refractivity (Wildman–Crippen MR) is 88.7 cm³/mol. The van der Waals surface area contributed by atoms with E-state index in [1.54, 1.807) is 7.11 Å². The van der Waals surface area contributed by atoms with Gasteiger partial charge in [0.05, 0.1) is 31.4 Å². The molecule has 0 spiro atoms. The molecule has 2 aliphatic rings. The molecule has 1 aromatic carbocycles. The Balaban J connectivity index is 1.69. The van der Waals surface area contributed by atoms with Crippen LogP contribution < -0.4 is 5.32 Å². The van der Waals surface area contributed by atoms with Crippen LogP contribution in [0, 0.1) is 0 Å². The van der Waals surface area contributed by atoms with Crippen LogP contribution in [0.3, 0.4) is 0 Å². The smallest absolute Gasteiger partial charge is 0.318 e. The van der Waals surface area contributed by atoms with Gasteiger partial charge in [-0.05, 0) is 37.0 Å². The third kappa shape index (κ3) is 3.79. The highest BCUT2D eigenvalue weighted by Gasteiger charge is 2.38. The Bertz CT molecular complexity index is 537. The van der Waals surface area contributed by atoms with Crippen LogP contribution in [0.25, 0.3) is 0 Å². The number of methoxy groups -OCH3 is 1. The van der Waals surface area contributed by atoms with E-state index in [1.807, 2.05) is 29.2 Å². The van der Waals surface area contributed by atoms with Gasteiger partial charge in [0, 0.05) is 18.7 Å². The van der Waals surface area contributed by atoms with Gasteiger partial charge in [0.2, 0.25) is 0 Å². The maximum atomic E-state index is 12.7. The monoisotopic (exact) mass is 338 g/mol. The van der Waals surface area contributed by atoms with Gasteiger partial charge in [-0.15, -0.1) is 0 Å². The fourth-order valence-corrected chi connectivity index (χ4v) is 3.62. The molecule has 1 saturated heterocycles. The van der Waals surface area contributed by atoms with E-state index >= 15 is 0 Å². The third-order valence-corrected chi connectivity index (χ3v) is 4.90. The summed E-state index contributed by atoms with van der Waals surface area (Å²) in [6.07, 6.45) is 3.39. The van der Waals surface area contributed by atoms with E-state index in [1.165, 1.54) is 0 Å². The normalized spacial score (nSPS) is 25.0.